The third-order valence-electron chi connectivity index (χ3n) is 2.04. The molecule has 1 rings (SSSR count). The molecule has 0 N–H and O–H groups in total. The van der Waals surface area contributed by atoms with Gasteiger partial charge in [0.05, 0.1) is 12.7 Å². The Hall–Kier alpha value is -1.33. The maximum atomic E-state index is 11.7. The highest BCUT2D eigenvalue weighted by Gasteiger charge is 2.13. The van der Waals surface area contributed by atoms with Crippen LogP contribution < -0.4 is 5.43 Å². The highest BCUT2D eigenvalue weighted by Crippen LogP contribution is 2.16. The fourth-order valence-corrected chi connectivity index (χ4v) is 1.56. The maximum absolute atomic E-state index is 11.7. The standard InChI is InChI=1S/C10H10Cl2N2O3/c1-5(10(16)17-3)4-6-7(15)8(11)13-14(2)9(6)12/h4H,1-3H3/b5-4-. The van der Waals surface area contributed by atoms with E-state index in [1.807, 2.05) is 0 Å². The van der Waals surface area contributed by atoms with Gasteiger partial charge >= 0.3 is 5.97 Å². The number of aromatic nitrogens is 2. The molecule has 0 fully saturated rings. The van der Waals surface area contributed by atoms with Crippen molar-refractivity contribution in [3.63, 3.8) is 0 Å². The molecule has 0 saturated carbocycles. The Morgan fingerprint density at radius 1 is 1.47 bits per heavy atom. The molecule has 1 heterocycles. The normalized spacial score (nSPS) is 11.5. The van der Waals surface area contributed by atoms with Crippen molar-refractivity contribution in [1.82, 2.24) is 9.78 Å². The molecule has 0 amide bonds. The van der Waals surface area contributed by atoms with Crippen molar-refractivity contribution in [3.8, 4) is 0 Å². The van der Waals surface area contributed by atoms with Crippen LogP contribution in [0.5, 0.6) is 0 Å². The van der Waals surface area contributed by atoms with Gasteiger partial charge in [0, 0.05) is 12.6 Å². The van der Waals surface area contributed by atoms with E-state index in [1.165, 1.54) is 24.8 Å². The van der Waals surface area contributed by atoms with E-state index in [1.54, 1.807) is 7.05 Å². The summed E-state index contributed by atoms with van der Waals surface area (Å²) in [5.74, 6) is -0.545. The van der Waals surface area contributed by atoms with Gasteiger partial charge in [-0.05, 0) is 13.0 Å². The smallest absolute Gasteiger partial charge is 0.333 e. The number of aryl methyl sites for hydroxylation is 1. The van der Waals surface area contributed by atoms with E-state index >= 15 is 0 Å². The summed E-state index contributed by atoms with van der Waals surface area (Å²) in [6.07, 6.45) is 1.32. The Kier molecular flexibility index (Phi) is 4.31. The molecule has 7 heteroatoms. The first-order chi connectivity index (χ1) is 7.88. The molecule has 5 nitrogen and oxygen atoms in total. The number of carbonyl (C=O) groups excluding carboxylic acids is 1. The molecule has 0 bridgehead atoms. The molecular weight excluding hydrogens is 267 g/mol. The molecule has 1 aromatic rings. The van der Waals surface area contributed by atoms with Crippen LogP contribution in [0.25, 0.3) is 6.08 Å². The van der Waals surface area contributed by atoms with E-state index in [-0.39, 0.29) is 21.4 Å². The lowest BCUT2D eigenvalue weighted by Gasteiger charge is -2.05. The Labute approximate surface area is 108 Å². The number of halogens is 2. The summed E-state index contributed by atoms with van der Waals surface area (Å²) >= 11 is 11.5. The SMILES string of the molecule is COC(=O)/C(C)=C\c1c(Cl)n(C)nc(Cl)c1=O. The van der Waals surface area contributed by atoms with Gasteiger partial charge in [0.15, 0.2) is 5.15 Å². The number of ether oxygens (including phenoxy) is 1. The van der Waals surface area contributed by atoms with Gasteiger partial charge in [0.1, 0.15) is 5.15 Å². The Morgan fingerprint density at radius 2 is 2.06 bits per heavy atom. The third-order valence-corrected chi connectivity index (χ3v) is 2.74. The number of methoxy groups -OCH3 is 1. The van der Waals surface area contributed by atoms with Gasteiger partial charge in [-0.2, -0.15) is 5.10 Å². The molecule has 0 aliphatic rings. The van der Waals surface area contributed by atoms with Crippen LogP contribution in [0.2, 0.25) is 10.3 Å². The number of hydrogen-bond donors (Lipinski definition) is 0. The molecular formula is C10H10Cl2N2O3. The molecule has 0 aliphatic heterocycles. The summed E-state index contributed by atoms with van der Waals surface area (Å²) in [5, 5.41) is 3.59. The van der Waals surface area contributed by atoms with Gasteiger partial charge in [-0.3, -0.25) is 9.48 Å². The minimum absolute atomic E-state index is 0.0997. The van der Waals surface area contributed by atoms with Crippen molar-refractivity contribution < 1.29 is 9.53 Å². The van der Waals surface area contributed by atoms with Crippen LogP contribution in [0.15, 0.2) is 10.4 Å². The summed E-state index contributed by atoms with van der Waals surface area (Å²) in [7, 11) is 2.79. The molecule has 0 saturated heterocycles. The molecule has 0 aliphatic carbocycles. The lowest BCUT2D eigenvalue weighted by Crippen LogP contribution is -2.16. The predicted octanol–water partition coefficient (Wildman–Crippen LogP) is 1.66. The van der Waals surface area contributed by atoms with Crippen molar-refractivity contribution in [2.24, 2.45) is 7.05 Å². The number of nitrogens with zero attached hydrogens (tertiary/aromatic N) is 2. The molecule has 1 aromatic heterocycles. The number of rotatable bonds is 2. The molecule has 0 atom stereocenters. The van der Waals surface area contributed by atoms with Gasteiger partial charge in [0.25, 0.3) is 0 Å². The maximum Gasteiger partial charge on any atom is 0.333 e. The average molecular weight is 277 g/mol. The van der Waals surface area contributed by atoms with Gasteiger partial charge in [0.2, 0.25) is 5.43 Å². The summed E-state index contributed by atoms with van der Waals surface area (Å²) in [6.45, 7) is 1.51. The quantitative estimate of drug-likeness (QED) is 0.609. The molecule has 0 aromatic carbocycles. The zero-order valence-electron chi connectivity index (χ0n) is 9.45. The van der Waals surface area contributed by atoms with Crippen molar-refractivity contribution in [3.05, 3.63) is 31.7 Å². The molecule has 17 heavy (non-hydrogen) atoms. The molecule has 0 radical (unpaired) electrons. The largest absolute Gasteiger partial charge is 0.466 e. The highest BCUT2D eigenvalue weighted by atomic mass is 35.5. The fraction of sp³-hybridized carbons (Fsp3) is 0.300. The highest BCUT2D eigenvalue weighted by molar-refractivity contribution is 6.32. The zero-order valence-corrected chi connectivity index (χ0v) is 11.0. The topological polar surface area (TPSA) is 61.2 Å². The molecule has 92 valence electrons. The summed E-state index contributed by atoms with van der Waals surface area (Å²) < 4.78 is 5.77. The number of esters is 1. The summed E-state index contributed by atoms with van der Waals surface area (Å²) in [5.41, 5.74) is -0.177. The monoisotopic (exact) mass is 276 g/mol. The van der Waals surface area contributed by atoms with Crippen molar-refractivity contribution >= 4 is 35.2 Å². The second-order valence-electron chi connectivity index (χ2n) is 3.27. The number of hydrogen-bond acceptors (Lipinski definition) is 4. The first-order valence-corrected chi connectivity index (χ1v) is 5.33. The lowest BCUT2D eigenvalue weighted by atomic mass is 10.2. The first-order valence-electron chi connectivity index (χ1n) is 4.57. The Morgan fingerprint density at radius 3 is 2.59 bits per heavy atom. The van der Waals surface area contributed by atoms with Crippen LogP contribution >= 0.6 is 23.2 Å². The van der Waals surface area contributed by atoms with E-state index in [4.69, 9.17) is 23.2 Å². The van der Waals surface area contributed by atoms with Crippen LogP contribution in [-0.4, -0.2) is 22.9 Å². The molecule has 0 spiro atoms. The van der Waals surface area contributed by atoms with Gasteiger partial charge in [-0.1, -0.05) is 23.2 Å². The van der Waals surface area contributed by atoms with E-state index in [9.17, 15) is 9.59 Å². The Balaban J connectivity index is 3.42. The number of carbonyl (C=O) groups is 1. The van der Waals surface area contributed by atoms with E-state index < -0.39 is 11.4 Å². The van der Waals surface area contributed by atoms with Gasteiger partial charge < -0.3 is 4.74 Å². The minimum Gasteiger partial charge on any atom is -0.466 e. The second-order valence-corrected chi connectivity index (χ2v) is 3.98. The summed E-state index contributed by atoms with van der Waals surface area (Å²) in [6, 6.07) is 0. The van der Waals surface area contributed by atoms with Crippen molar-refractivity contribution in [2.75, 3.05) is 7.11 Å². The third kappa shape index (κ3) is 2.87. The fourth-order valence-electron chi connectivity index (χ4n) is 1.16. The van der Waals surface area contributed by atoms with Gasteiger partial charge in [-0.25, -0.2) is 4.79 Å². The first kappa shape index (κ1) is 13.7. The van der Waals surface area contributed by atoms with Gasteiger partial charge in [-0.15, -0.1) is 0 Å². The van der Waals surface area contributed by atoms with E-state index in [0.717, 1.165) is 0 Å². The summed E-state index contributed by atoms with van der Waals surface area (Å²) in [4.78, 5) is 22.9. The van der Waals surface area contributed by atoms with Crippen LogP contribution in [-0.2, 0) is 16.6 Å². The Bertz CT molecular complexity index is 549. The van der Waals surface area contributed by atoms with E-state index in [2.05, 4.69) is 9.84 Å². The predicted molar refractivity (Wildman–Crippen MR) is 65.2 cm³/mol. The van der Waals surface area contributed by atoms with Crippen LogP contribution in [0.3, 0.4) is 0 Å². The second kappa shape index (κ2) is 5.33. The lowest BCUT2D eigenvalue weighted by molar-refractivity contribution is -0.135. The molecule has 0 unspecified atom stereocenters. The van der Waals surface area contributed by atoms with Crippen LogP contribution in [0.1, 0.15) is 12.5 Å². The van der Waals surface area contributed by atoms with Crippen molar-refractivity contribution in [2.45, 2.75) is 6.92 Å². The van der Waals surface area contributed by atoms with Crippen molar-refractivity contribution in [1.29, 1.82) is 0 Å². The minimum atomic E-state index is -0.545. The average Bonchev–Trinajstić information content (AvgIpc) is 2.30. The van der Waals surface area contributed by atoms with Crippen LogP contribution in [0.4, 0.5) is 0 Å². The zero-order chi connectivity index (χ0) is 13.2. The van der Waals surface area contributed by atoms with E-state index in [0.29, 0.717) is 0 Å². The van der Waals surface area contributed by atoms with Crippen LogP contribution in [0, 0.1) is 0 Å².